The molecular formula is C28H48O2. The van der Waals surface area contributed by atoms with Crippen LogP contribution in [-0.2, 0) is 4.79 Å². The van der Waals surface area contributed by atoms with E-state index in [1.165, 1.54) is 57.8 Å². The number of carbonyl (C=O) groups excluding carboxylic acids is 1. The van der Waals surface area contributed by atoms with Crippen LogP contribution in [0.2, 0.25) is 0 Å². The van der Waals surface area contributed by atoms with Crippen LogP contribution in [0.5, 0.6) is 0 Å². The van der Waals surface area contributed by atoms with Crippen LogP contribution in [0.1, 0.15) is 112 Å². The number of aldehydes is 1. The molecule has 0 aliphatic heterocycles. The second kappa shape index (κ2) is 8.20. The van der Waals surface area contributed by atoms with Gasteiger partial charge in [-0.1, -0.05) is 20.8 Å². The summed E-state index contributed by atoms with van der Waals surface area (Å²) in [6.45, 7) is 11.7. The molecule has 0 heterocycles. The van der Waals surface area contributed by atoms with Crippen molar-refractivity contribution < 1.29 is 9.90 Å². The lowest BCUT2D eigenvalue weighted by atomic mass is 9.43. The van der Waals surface area contributed by atoms with E-state index in [0.717, 1.165) is 61.1 Å². The Bertz CT molecular complexity index is 621. The highest BCUT2D eigenvalue weighted by Crippen LogP contribution is 2.68. The molecule has 4 aliphatic rings. The fraction of sp³-hybridized carbons (Fsp3) is 0.964. The number of hydrogen-bond acceptors (Lipinski definition) is 2. The predicted octanol–water partition coefficient (Wildman–Crippen LogP) is 7.04. The van der Waals surface area contributed by atoms with Crippen LogP contribution in [0.3, 0.4) is 0 Å². The van der Waals surface area contributed by atoms with Crippen molar-refractivity contribution in [2.24, 2.45) is 52.3 Å². The maximum absolute atomic E-state index is 10.9. The molecule has 0 amide bonds. The minimum absolute atomic E-state index is 0.512. The topological polar surface area (TPSA) is 37.3 Å². The molecule has 4 aliphatic carbocycles. The summed E-state index contributed by atoms with van der Waals surface area (Å²) >= 11 is 0. The molecule has 6 unspecified atom stereocenters. The molecule has 4 fully saturated rings. The van der Waals surface area contributed by atoms with Gasteiger partial charge >= 0.3 is 0 Å². The summed E-state index contributed by atoms with van der Waals surface area (Å²) in [7, 11) is 0. The maximum atomic E-state index is 10.9. The third-order valence-corrected chi connectivity index (χ3v) is 11.1. The summed E-state index contributed by atoms with van der Waals surface area (Å²) in [5, 5.41) is 10.4. The zero-order valence-corrected chi connectivity index (χ0v) is 20.5. The molecule has 4 rings (SSSR count). The van der Waals surface area contributed by atoms with E-state index in [4.69, 9.17) is 0 Å². The average Bonchev–Trinajstić information content (AvgIpc) is 3.02. The molecule has 0 bridgehead atoms. The molecule has 0 aromatic rings. The molecule has 0 saturated heterocycles. The van der Waals surface area contributed by atoms with Gasteiger partial charge in [0.1, 0.15) is 6.29 Å². The minimum atomic E-state index is -0.512. The monoisotopic (exact) mass is 416 g/mol. The van der Waals surface area contributed by atoms with Gasteiger partial charge in [0.15, 0.2) is 0 Å². The first-order valence-corrected chi connectivity index (χ1v) is 13.2. The summed E-state index contributed by atoms with van der Waals surface area (Å²) in [5.41, 5.74) is 0.550. The van der Waals surface area contributed by atoms with Crippen LogP contribution < -0.4 is 0 Å². The predicted molar refractivity (Wildman–Crippen MR) is 124 cm³/mol. The average molecular weight is 417 g/mol. The highest BCUT2D eigenvalue weighted by atomic mass is 16.3. The molecular weight excluding hydrogens is 368 g/mol. The summed E-state index contributed by atoms with van der Waals surface area (Å²) < 4.78 is 0. The van der Waals surface area contributed by atoms with E-state index in [1.54, 1.807) is 0 Å². The van der Waals surface area contributed by atoms with E-state index in [1.807, 2.05) is 13.8 Å². The maximum Gasteiger partial charge on any atom is 0.120 e. The first-order valence-electron chi connectivity index (χ1n) is 13.2. The normalized spacial score (nSPS) is 47.1. The summed E-state index contributed by atoms with van der Waals surface area (Å²) in [6.07, 6.45) is 16.6. The summed E-state index contributed by atoms with van der Waals surface area (Å²) in [5.74, 6) is 5.94. The second-order valence-electron chi connectivity index (χ2n) is 13.3. The Labute approximate surface area is 186 Å². The molecule has 0 aromatic carbocycles. The van der Waals surface area contributed by atoms with Crippen molar-refractivity contribution in [3.63, 3.8) is 0 Å². The number of hydrogen-bond donors (Lipinski definition) is 1. The molecule has 1 N–H and O–H groups in total. The van der Waals surface area contributed by atoms with Crippen LogP contribution in [0, 0.1) is 52.3 Å². The van der Waals surface area contributed by atoms with Gasteiger partial charge in [-0.05, 0) is 137 Å². The smallest absolute Gasteiger partial charge is 0.120 e. The van der Waals surface area contributed by atoms with Gasteiger partial charge in [0.2, 0.25) is 0 Å². The fourth-order valence-corrected chi connectivity index (χ4v) is 9.75. The summed E-state index contributed by atoms with van der Waals surface area (Å²) in [4.78, 5) is 10.9. The van der Waals surface area contributed by atoms with Crippen molar-refractivity contribution >= 4 is 6.29 Å². The third-order valence-electron chi connectivity index (χ3n) is 11.1. The molecule has 0 aromatic heterocycles. The first-order chi connectivity index (χ1) is 14.1. The Morgan fingerprint density at radius 3 is 2.40 bits per heavy atom. The third kappa shape index (κ3) is 3.93. The Morgan fingerprint density at radius 1 is 1.00 bits per heavy atom. The van der Waals surface area contributed by atoms with Crippen LogP contribution in [-0.4, -0.2) is 17.0 Å². The second-order valence-corrected chi connectivity index (χ2v) is 13.3. The largest absolute Gasteiger partial charge is 0.390 e. The number of fused-ring (bicyclic) bond motifs is 5. The van der Waals surface area contributed by atoms with E-state index in [-0.39, 0.29) is 0 Å². The van der Waals surface area contributed by atoms with Crippen molar-refractivity contribution in [1.82, 2.24) is 0 Å². The van der Waals surface area contributed by atoms with Gasteiger partial charge in [-0.3, -0.25) is 0 Å². The molecule has 4 saturated carbocycles. The highest BCUT2D eigenvalue weighted by molar-refractivity contribution is 5.49. The quantitative estimate of drug-likeness (QED) is 0.472. The van der Waals surface area contributed by atoms with Crippen LogP contribution in [0.15, 0.2) is 0 Å². The standard InChI is InChI=1S/C28H48O2/c1-19(7-6-16-29)23-10-11-24-22-9-8-21-17-20(18-26(2,3)30)12-14-27(21,4)25(22)13-15-28(23,24)5/h16,19-25,30H,6-15,17-18H2,1-5H3/t19?,20?,21?,22?,23-,24+,25+,27?,28?/m1/s1. The highest BCUT2D eigenvalue weighted by Gasteiger charge is 2.60. The molecule has 172 valence electrons. The minimum Gasteiger partial charge on any atom is -0.390 e. The SMILES string of the molecule is CC(CCC=O)[C@H]1CC[C@H]2C3CCC4CC(CC(C)(C)O)CCC4(C)[C@H]3CCC12C. The van der Waals surface area contributed by atoms with Gasteiger partial charge < -0.3 is 9.90 Å². The Kier molecular flexibility index (Phi) is 6.23. The molecule has 0 radical (unpaired) electrons. The van der Waals surface area contributed by atoms with Gasteiger partial charge in [-0.2, -0.15) is 0 Å². The van der Waals surface area contributed by atoms with Gasteiger partial charge in [-0.15, -0.1) is 0 Å². The van der Waals surface area contributed by atoms with Crippen LogP contribution in [0.4, 0.5) is 0 Å². The van der Waals surface area contributed by atoms with E-state index in [9.17, 15) is 9.90 Å². The van der Waals surface area contributed by atoms with Gasteiger partial charge in [0.25, 0.3) is 0 Å². The number of rotatable bonds is 6. The number of aliphatic hydroxyl groups is 1. The zero-order chi connectivity index (χ0) is 21.7. The lowest BCUT2D eigenvalue weighted by molar-refractivity contribution is -0.125. The van der Waals surface area contributed by atoms with E-state index < -0.39 is 5.60 Å². The van der Waals surface area contributed by atoms with Crippen molar-refractivity contribution in [1.29, 1.82) is 0 Å². The number of carbonyl (C=O) groups is 1. The van der Waals surface area contributed by atoms with E-state index in [0.29, 0.717) is 16.7 Å². The van der Waals surface area contributed by atoms with Crippen molar-refractivity contribution in [2.75, 3.05) is 0 Å². The summed E-state index contributed by atoms with van der Waals surface area (Å²) in [6, 6.07) is 0. The van der Waals surface area contributed by atoms with Crippen molar-refractivity contribution in [3.8, 4) is 0 Å². The van der Waals surface area contributed by atoms with Crippen LogP contribution in [0.25, 0.3) is 0 Å². The van der Waals surface area contributed by atoms with Crippen LogP contribution >= 0.6 is 0 Å². The molecule has 9 atom stereocenters. The van der Waals surface area contributed by atoms with E-state index in [2.05, 4.69) is 20.8 Å². The lowest BCUT2D eigenvalue weighted by Crippen LogP contribution is -2.54. The Hall–Kier alpha value is -0.370. The van der Waals surface area contributed by atoms with Gasteiger partial charge in [0, 0.05) is 6.42 Å². The first kappa shape index (κ1) is 22.8. The van der Waals surface area contributed by atoms with Crippen molar-refractivity contribution in [2.45, 2.75) is 117 Å². The lowest BCUT2D eigenvalue weighted by Gasteiger charge is -2.61. The fourth-order valence-electron chi connectivity index (χ4n) is 9.75. The molecule has 2 nitrogen and oxygen atoms in total. The zero-order valence-electron chi connectivity index (χ0n) is 20.5. The Morgan fingerprint density at radius 2 is 1.70 bits per heavy atom. The molecule has 2 heteroatoms. The van der Waals surface area contributed by atoms with Gasteiger partial charge in [0.05, 0.1) is 5.60 Å². The van der Waals surface area contributed by atoms with Gasteiger partial charge in [-0.25, -0.2) is 0 Å². The van der Waals surface area contributed by atoms with Crippen molar-refractivity contribution in [3.05, 3.63) is 0 Å². The Balaban J connectivity index is 1.47. The van der Waals surface area contributed by atoms with E-state index >= 15 is 0 Å². The molecule has 0 spiro atoms. The molecule has 30 heavy (non-hydrogen) atoms.